The van der Waals surface area contributed by atoms with E-state index in [2.05, 4.69) is 10.2 Å². The van der Waals surface area contributed by atoms with Crippen LogP contribution in [-0.2, 0) is 6.18 Å². The number of nitrogens with zero attached hydrogens (tertiary/aromatic N) is 2. The van der Waals surface area contributed by atoms with Gasteiger partial charge >= 0.3 is 6.18 Å². The van der Waals surface area contributed by atoms with Crippen molar-refractivity contribution in [1.82, 2.24) is 10.2 Å². The molecule has 0 aliphatic carbocycles. The molecule has 0 aromatic heterocycles. The predicted octanol–water partition coefficient (Wildman–Crippen LogP) is 4.86. The van der Waals surface area contributed by atoms with Crippen LogP contribution in [0.25, 0.3) is 0 Å². The zero-order valence-electron chi connectivity index (χ0n) is 16.0. The second-order valence-electron chi connectivity index (χ2n) is 6.82. The van der Waals surface area contributed by atoms with Crippen LogP contribution in [0.5, 0.6) is 0 Å². The summed E-state index contributed by atoms with van der Waals surface area (Å²) in [5.41, 5.74) is 0.921. The molecule has 1 N–H and O–H groups in total. The smallest absolute Gasteiger partial charge is 0.341 e. The van der Waals surface area contributed by atoms with Crippen molar-refractivity contribution in [1.29, 1.82) is 0 Å². The first-order chi connectivity index (χ1) is 13.5. The zero-order valence-corrected chi connectivity index (χ0v) is 16.8. The largest absolute Gasteiger partial charge is 0.416 e. The maximum absolute atomic E-state index is 13.2. The Morgan fingerprint density at radius 3 is 2.54 bits per heavy atom. The van der Waals surface area contributed by atoms with E-state index in [1.54, 1.807) is 17.8 Å². The van der Waals surface area contributed by atoms with E-state index in [0.717, 1.165) is 55.8 Å². The van der Waals surface area contributed by atoms with Crippen LogP contribution >= 0.6 is 11.8 Å². The van der Waals surface area contributed by atoms with Crippen LogP contribution in [0.2, 0.25) is 0 Å². The first kappa shape index (κ1) is 21.0. The van der Waals surface area contributed by atoms with Crippen LogP contribution in [0.15, 0.2) is 53.4 Å². The Morgan fingerprint density at radius 2 is 1.82 bits per heavy atom. The van der Waals surface area contributed by atoms with Crippen molar-refractivity contribution in [3.05, 3.63) is 54.1 Å². The van der Waals surface area contributed by atoms with Crippen molar-refractivity contribution < 1.29 is 13.2 Å². The molecule has 0 saturated carbocycles. The van der Waals surface area contributed by atoms with E-state index in [1.807, 2.05) is 35.4 Å². The third-order valence-corrected chi connectivity index (χ3v) is 5.71. The number of alkyl halides is 3. The highest BCUT2D eigenvalue weighted by Gasteiger charge is 2.31. The average molecular weight is 410 g/mol. The normalized spacial score (nSPS) is 15.6. The third kappa shape index (κ3) is 5.43. The number of hydrogen-bond donors (Lipinski definition) is 1. The van der Waals surface area contributed by atoms with Crippen LogP contribution in [0.3, 0.4) is 0 Å². The second-order valence-corrected chi connectivity index (χ2v) is 7.66. The van der Waals surface area contributed by atoms with Crippen molar-refractivity contribution >= 4 is 23.1 Å². The van der Waals surface area contributed by atoms with E-state index in [0.29, 0.717) is 12.2 Å². The van der Waals surface area contributed by atoms with Crippen LogP contribution < -0.4 is 10.2 Å². The Morgan fingerprint density at radius 1 is 1.07 bits per heavy atom. The van der Waals surface area contributed by atoms with E-state index in [4.69, 9.17) is 0 Å². The van der Waals surface area contributed by atoms with Gasteiger partial charge in [-0.1, -0.05) is 18.2 Å². The lowest BCUT2D eigenvalue weighted by molar-refractivity contribution is -0.137. The molecule has 0 unspecified atom stereocenters. The molecule has 3 nitrogen and oxygen atoms in total. The minimum atomic E-state index is -4.35. The van der Waals surface area contributed by atoms with Crippen molar-refractivity contribution in [2.75, 3.05) is 50.4 Å². The van der Waals surface area contributed by atoms with Gasteiger partial charge in [-0.2, -0.15) is 13.2 Å². The monoisotopic (exact) mass is 409 g/mol. The van der Waals surface area contributed by atoms with Crippen LogP contribution in [0, 0.1) is 0 Å². The molecule has 0 amide bonds. The van der Waals surface area contributed by atoms with Crippen molar-refractivity contribution in [3.8, 4) is 0 Å². The molecule has 1 fully saturated rings. The molecule has 2 aromatic rings. The standard InChI is InChI=1S/C21H26F3N3S/c1-28-20-9-3-2-8-19(20)27(13-5-12-26-14-10-25-11-15-26)18-7-4-6-17(16-18)21(22,23)24/h2-4,6-9,16,25H,5,10-15H2,1H3. The highest BCUT2D eigenvalue weighted by molar-refractivity contribution is 7.98. The van der Waals surface area contributed by atoms with E-state index in [9.17, 15) is 13.2 Å². The van der Waals surface area contributed by atoms with Gasteiger partial charge < -0.3 is 15.1 Å². The first-order valence-corrected chi connectivity index (χ1v) is 10.7. The fourth-order valence-electron chi connectivity index (χ4n) is 3.48. The lowest BCUT2D eigenvalue weighted by Gasteiger charge is -2.30. The summed E-state index contributed by atoms with van der Waals surface area (Å²) >= 11 is 1.61. The van der Waals surface area contributed by atoms with Gasteiger partial charge in [0.1, 0.15) is 0 Å². The second kappa shape index (κ2) is 9.67. The topological polar surface area (TPSA) is 18.5 Å². The summed E-state index contributed by atoms with van der Waals surface area (Å²) in [7, 11) is 0. The molecule has 152 valence electrons. The molecular weight excluding hydrogens is 383 g/mol. The summed E-state index contributed by atoms with van der Waals surface area (Å²) in [6.45, 7) is 5.64. The Hall–Kier alpha value is -1.70. The van der Waals surface area contributed by atoms with Gasteiger partial charge in [-0.15, -0.1) is 11.8 Å². The fourth-order valence-corrected chi connectivity index (χ4v) is 4.08. The Bertz CT molecular complexity index is 761. The number of rotatable bonds is 7. The lowest BCUT2D eigenvalue weighted by Crippen LogP contribution is -2.44. The van der Waals surface area contributed by atoms with Gasteiger partial charge in [0.05, 0.1) is 11.3 Å². The van der Waals surface area contributed by atoms with Gasteiger partial charge in [0, 0.05) is 43.3 Å². The first-order valence-electron chi connectivity index (χ1n) is 9.50. The molecule has 0 radical (unpaired) electrons. The van der Waals surface area contributed by atoms with Crippen molar-refractivity contribution in [3.63, 3.8) is 0 Å². The summed E-state index contributed by atoms with van der Waals surface area (Å²) in [6, 6.07) is 13.5. The van der Waals surface area contributed by atoms with Crippen molar-refractivity contribution in [2.45, 2.75) is 17.5 Å². The maximum Gasteiger partial charge on any atom is 0.416 e. The van der Waals surface area contributed by atoms with Crippen molar-refractivity contribution in [2.24, 2.45) is 0 Å². The molecule has 1 heterocycles. The Balaban J connectivity index is 1.84. The Kier molecular flexibility index (Phi) is 7.26. The van der Waals surface area contributed by atoms with E-state index in [1.165, 1.54) is 12.1 Å². The number of para-hydroxylation sites is 1. The number of benzene rings is 2. The quantitative estimate of drug-likeness (QED) is 0.658. The number of piperazine rings is 1. The summed E-state index contributed by atoms with van der Waals surface area (Å²) in [4.78, 5) is 5.48. The molecule has 1 aliphatic rings. The SMILES string of the molecule is CSc1ccccc1N(CCCN1CCNCC1)c1cccc(C(F)(F)F)c1. The maximum atomic E-state index is 13.2. The summed E-state index contributed by atoms with van der Waals surface area (Å²) < 4.78 is 39.7. The molecule has 3 rings (SSSR count). The molecule has 7 heteroatoms. The number of anilines is 2. The van der Waals surface area contributed by atoms with Crippen LogP contribution in [-0.4, -0.2) is 50.4 Å². The minimum absolute atomic E-state index is 0.580. The van der Waals surface area contributed by atoms with E-state index >= 15 is 0 Å². The number of halogens is 3. The zero-order chi connectivity index (χ0) is 20.0. The van der Waals surface area contributed by atoms with Gasteiger partial charge in [-0.25, -0.2) is 0 Å². The summed E-state index contributed by atoms with van der Waals surface area (Å²) in [5, 5.41) is 3.34. The molecular formula is C21H26F3N3S. The highest BCUT2D eigenvalue weighted by atomic mass is 32.2. The molecule has 1 saturated heterocycles. The van der Waals surface area contributed by atoms with Crippen LogP contribution in [0.4, 0.5) is 24.5 Å². The molecule has 0 atom stereocenters. The molecule has 1 aliphatic heterocycles. The number of nitrogens with one attached hydrogen (secondary N) is 1. The minimum Gasteiger partial charge on any atom is -0.341 e. The third-order valence-electron chi connectivity index (χ3n) is 4.93. The van der Waals surface area contributed by atoms with Gasteiger partial charge in [-0.05, 0) is 49.6 Å². The molecule has 28 heavy (non-hydrogen) atoms. The fraction of sp³-hybridized carbons (Fsp3) is 0.429. The predicted molar refractivity (Wildman–Crippen MR) is 111 cm³/mol. The summed E-state index contributed by atoms with van der Waals surface area (Å²) in [6.07, 6.45) is -1.47. The lowest BCUT2D eigenvalue weighted by atomic mass is 10.1. The van der Waals surface area contributed by atoms with Gasteiger partial charge in [0.15, 0.2) is 0 Å². The van der Waals surface area contributed by atoms with Gasteiger partial charge in [0.2, 0.25) is 0 Å². The van der Waals surface area contributed by atoms with Gasteiger partial charge in [-0.3, -0.25) is 0 Å². The summed E-state index contributed by atoms with van der Waals surface area (Å²) in [5.74, 6) is 0. The molecule has 0 spiro atoms. The van der Waals surface area contributed by atoms with E-state index < -0.39 is 11.7 Å². The van der Waals surface area contributed by atoms with E-state index in [-0.39, 0.29) is 0 Å². The molecule has 2 aromatic carbocycles. The average Bonchev–Trinajstić information content (AvgIpc) is 2.71. The van der Waals surface area contributed by atoms with Crippen LogP contribution in [0.1, 0.15) is 12.0 Å². The Labute approximate surface area is 168 Å². The van der Waals surface area contributed by atoms with Gasteiger partial charge in [0.25, 0.3) is 0 Å². The number of hydrogen-bond acceptors (Lipinski definition) is 4. The number of thioether (sulfide) groups is 1. The molecule has 0 bridgehead atoms. The highest BCUT2D eigenvalue weighted by Crippen LogP contribution is 2.37.